The molecule has 2 fully saturated rings. The van der Waals surface area contributed by atoms with E-state index in [9.17, 15) is 14.7 Å². The second-order valence-electron chi connectivity index (χ2n) is 9.11. The molecule has 9 heteroatoms. The molecule has 5 rings (SSSR count). The Morgan fingerprint density at radius 3 is 2.43 bits per heavy atom. The van der Waals surface area contributed by atoms with E-state index >= 15 is 0 Å². The number of ketones is 1. The SMILES string of the molecule is COc1ccc([C@H]2/C(=C(\O)c3cnn(-c4ccccc4)c3C)C(=O)C(=O)N2CCN2CCOCC2)cc1. The molecule has 192 valence electrons. The Kier molecular flexibility index (Phi) is 7.07. The number of benzene rings is 2. The maximum Gasteiger partial charge on any atom is 0.295 e. The van der Waals surface area contributed by atoms with Gasteiger partial charge < -0.3 is 19.5 Å². The monoisotopic (exact) mass is 502 g/mol. The van der Waals surface area contributed by atoms with E-state index in [0.29, 0.717) is 43.3 Å². The Morgan fingerprint density at radius 1 is 1.05 bits per heavy atom. The number of methoxy groups -OCH3 is 1. The Labute approximate surface area is 215 Å². The number of carbonyl (C=O) groups is 2. The van der Waals surface area contributed by atoms with E-state index in [4.69, 9.17) is 9.47 Å². The first-order valence-electron chi connectivity index (χ1n) is 12.3. The van der Waals surface area contributed by atoms with Crippen LogP contribution in [0.4, 0.5) is 0 Å². The number of carbonyl (C=O) groups excluding carboxylic acids is 2. The highest BCUT2D eigenvalue weighted by Gasteiger charge is 2.46. The van der Waals surface area contributed by atoms with Gasteiger partial charge in [0.05, 0.1) is 55.1 Å². The summed E-state index contributed by atoms with van der Waals surface area (Å²) < 4.78 is 12.4. The van der Waals surface area contributed by atoms with Gasteiger partial charge in [-0.25, -0.2) is 4.68 Å². The van der Waals surface area contributed by atoms with Gasteiger partial charge in [-0.15, -0.1) is 0 Å². The van der Waals surface area contributed by atoms with Crippen molar-refractivity contribution in [3.8, 4) is 11.4 Å². The average molecular weight is 503 g/mol. The van der Waals surface area contributed by atoms with Crippen LogP contribution in [-0.4, -0.2) is 82.9 Å². The molecule has 9 nitrogen and oxygen atoms in total. The Bertz CT molecular complexity index is 1310. The molecule has 2 aromatic carbocycles. The molecule has 3 aromatic rings. The van der Waals surface area contributed by atoms with Crippen molar-refractivity contribution in [2.75, 3.05) is 46.5 Å². The molecule has 2 aliphatic rings. The summed E-state index contributed by atoms with van der Waals surface area (Å²) in [6, 6.07) is 16.0. The van der Waals surface area contributed by atoms with Crippen molar-refractivity contribution in [2.45, 2.75) is 13.0 Å². The third-order valence-electron chi connectivity index (χ3n) is 7.00. The molecule has 0 aliphatic carbocycles. The predicted octanol–water partition coefficient (Wildman–Crippen LogP) is 2.94. The first-order chi connectivity index (χ1) is 18.0. The number of aromatic nitrogens is 2. The van der Waals surface area contributed by atoms with E-state index < -0.39 is 17.7 Å². The largest absolute Gasteiger partial charge is 0.507 e. The standard InChI is InChI=1S/C28H30N4O5/c1-19-23(18-29-32(19)21-6-4-3-5-7-21)26(33)24-25(20-8-10-22(36-2)11-9-20)31(28(35)27(24)34)13-12-30-14-16-37-17-15-30/h3-11,18,25,33H,12-17H2,1-2H3/b26-24+/t25-/m0/s1. The molecule has 1 amide bonds. The number of hydrogen-bond acceptors (Lipinski definition) is 7. The lowest BCUT2D eigenvalue weighted by Crippen LogP contribution is -2.42. The van der Waals surface area contributed by atoms with E-state index in [2.05, 4.69) is 10.00 Å². The molecule has 2 aliphatic heterocycles. The summed E-state index contributed by atoms with van der Waals surface area (Å²) in [5.41, 5.74) is 2.69. The summed E-state index contributed by atoms with van der Waals surface area (Å²) in [7, 11) is 1.58. The van der Waals surface area contributed by atoms with Gasteiger partial charge in [-0.1, -0.05) is 30.3 Å². The van der Waals surface area contributed by atoms with Crippen LogP contribution in [0, 0.1) is 6.92 Å². The number of amides is 1. The summed E-state index contributed by atoms with van der Waals surface area (Å²) >= 11 is 0. The van der Waals surface area contributed by atoms with Gasteiger partial charge in [0.2, 0.25) is 0 Å². The molecule has 37 heavy (non-hydrogen) atoms. The summed E-state index contributed by atoms with van der Waals surface area (Å²) in [6.45, 7) is 5.61. The van der Waals surface area contributed by atoms with E-state index in [1.807, 2.05) is 49.4 Å². The number of ether oxygens (including phenoxy) is 2. The second kappa shape index (κ2) is 10.6. The van der Waals surface area contributed by atoms with Crippen LogP contribution in [-0.2, 0) is 14.3 Å². The number of para-hydroxylation sites is 1. The van der Waals surface area contributed by atoms with Crippen molar-refractivity contribution in [1.82, 2.24) is 19.6 Å². The summed E-state index contributed by atoms with van der Waals surface area (Å²) in [5, 5.41) is 15.9. The minimum absolute atomic E-state index is 0.0628. The van der Waals surface area contributed by atoms with Gasteiger partial charge in [-0.2, -0.15) is 5.10 Å². The highest BCUT2D eigenvalue weighted by atomic mass is 16.5. The molecule has 2 saturated heterocycles. The van der Waals surface area contributed by atoms with E-state index in [1.54, 1.807) is 28.8 Å². The number of nitrogens with zero attached hydrogens (tertiary/aromatic N) is 4. The van der Waals surface area contributed by atoms with Crippen molar-refractivity contribution in [1.29, 1.82) is 0 Å². The summed E-state index contributed by atoms with van der Waals surface area (Å²) in [4.78, 5) is 30.4. The summed E-state index contributed by atoms with van der Waals surface area (Å²) in [5.74, 6) is -0.891. The van der Waals surface area contributed by atoms with Crippen LogP contribution in [0.3, 0.4) is 0 Å². The fourth-order valence-electron chi connectivity index (χ4n) is 4.93. The lowest BCUT2D eigenvalue weighted by atomic mass is 9.95. The van der Waals surface area contributed by atoms with Crippen LogP contribution in [0.5, 0.6) is 5.75 Å². The third-order valence-corrected chi connectivity index (χ3v) is 7.00. The van der Waals surface area contributed by atoms with Crippen LogP contribution < -0.4 is 4.74 Å². The van der Waals surface area contributed by atoms with E-state index in [1.165, 1.54) is 6.20 Å². The Hall–Kier alpha value is -3.95. The number of aliphatic hydroxyl groups is 1. The average Bonchev–Trinajstić information content (AvgIpc) is 3.45. The highest BCUT2D eigenvalue weighted by molar-refractivity contribution is 6.46. The van der Waals surface area contributed by atoms with Gasteiger partial charge >= 0.3 is 0 Å². The molecular formula is C28H30N4O5. The second-order valence-corrected chi connectivity index (χ2v) is 9.11. The minimum Gasteiger partial charge on any atom is -0.507 e. The number of morpholine rings is 1. The molecular weight excluding hydrogens is 472 g/mol. The highest BCUT2D eigenvalue weighted by Crippen LogP contribution is 2.40. The van der Waals surface area contributed by atoms with Gasteiger partial charge in [-0.05, 0) is 36.8 Å². The molecule has 0 spiro atoms. The van der Waals surface area contributed by atoms with Gasteiger partial charge in [0, 0.05) is 26.2 Å². The Morgan fingerprint density at radius 2 is 1.76 bits per heavy atom. The number of rotatable bonds is 7. The lowest BCUT2D eigenvalue weighted by molar-refractivity contribution is -0.140. The van der Waals surface area contributed by atoms with Gasteiger partial charge in [0.1, 0.15) is 11.5 Å². The number of Topliss-reactive ketones (excluding diaryl/α,β-unsaturated/α-hetero) is 1. The smallest absolute Gasteiger partial charge is 0.295 e. The Balaban J connectivity index is 1.55. The van der Waals surface area contributed by atoms with Crippen LogP contribution in [0.25, 0.3) is 11.4 Å². The fourth-order valence-corrected chi connectivity index (χ4v) is 4.93. The van der Waals surface area contributed by atoms with Crippen molar-refractivity contribution in [3.63, 3.8) is 0 Å². The van der Waals surface area contributed by atoms with E-state index in [0.717, 1.165) is 24.3 Å². The molecule has 0 unspecified atom stereocenters. The van der Waals surface area contributed by atoms with Crippen LogP contribution in [0.1, 0.15) is 22.9 Å². The number of aliphatic hydroxyl groups excluding tert-OH is 1. The van der Waals surface area contributed by atoms with Gasteiger partial charge in [0.15, 0.2) is 0 Å². The fraction of sp³-hybridized carbons (Fsp3) is 0.321. The van der Waals surface area contributed by atoms with Crippen molar-refractivity contribution >= 4 is 17.4 Å². The first kappa shape index (κ1) is 24.7. The molecule has 0 saturated carbocycles. The topological polar surface area (TPSA) is 97.1 Å². The van der Waals surface area contributed by atoms with Gasteiger partial charge in [-0.3, -0.25) is 14.5 Å². The van der Waals surface area contributed by atoms with Crippen molar-refractivity contribution in [3.05, 3.63) is 83.2 Å². The predicted molar refractivity (Wildman–Crippen MR) is 138 cm³/mol. The minimum atomic E-state index is -0.730. The van der Waals surface area contributed by atoms with Crippen LogP contribution in [0.15, 0.2) is 66.4 Å². The zero-order valence-electron chi connectivity index (χ0n) is 21.0. The van der Waals surface area contributed by atoms with Crippen LogP contribution in [0.2, 0.25) is 0 Å². The lowest BCUT2D eigenvalue weighted by Gasteiger charge is -2.31. The van der Waals surface area contributed by atoms with E-state index in [-0.39, 0.29) is 11.3 Å². The van der Waals surface area contributed by atoms with Crippen molar-refractivity contribution < 1.29 is 24.2 Å². The van der Waals surface area contributed by atoms with Crippen molar-refractivity contribution in [2.24, 2.45) is 0 Å². The van der Waals surface area contributed by atoms with Crippen LogP contribution >= 0.6 is 0 Å². The zero-order valence-corrected chi connectivity index (χ0v) is 21.0. The summed E-state index contributed by atoms with van der Waals surface area (Å²) in [6.07, 6.45) is 1.53. The molecule has 0 bridgehead atoms. The number of likely N-dealkylation sites (tertiary alicyclic amines) is 1. The normalized spacial score (nSPS) is 19.9. The van der Waals surface area contributed by atoms with Gasteiger partial charge in [0.25, 0.3) is 11.7 Å². The zero-order chi connectivity index (χ0) is 25.9. The maximum atomic E-state index is 13.4. The number of hydrogen-bond donors (Lipinski definition) is 1. The molecule has 1 atom stereocenters. The quantitative estimate of drug-likeness (QED) is 0.301. The molecule has 0 radical (unpaired) electrons. The molecule has 1 aromatic heterocycles. The third kappa shape index (κ3) is 4.75. The maximum absolute atomic E-state index is 13.4. The molecule has 3 heterocycles. The molecule has 1 N–H and O–H groups in total. The first-order valence-corrected chi connectivity index (χ1v) is 12.3.